The summed E-state index contributed by atoms with van der Waals surface area (Å²) in [6.07, 6.45) is 0.986. The van der Waals surface area contributed by atoms with E-state index >= 15 is 0 Å². The first-order valence-corrected chi connectivity index (χ1v) is 9.60. The highest BCUT2D eigenvalue weighted by molar-refractivity contribution is 6.30. The second-order valence-corrected chi connectivity index (χ2v) is 7.88. The van der Waals surface area contributed by atoms with Crippen molar-refractivity contribution in [1.29, 1.82) is 0 Å². The van der Waals surface area contributed by atoms with Crippen molar-refractivity contribution >= 4 is 23.4 Å². The average molecular weight is 374 g/mol. The molecule has 2 heterocycles. The minimum absolute atomic E-state index is 0.363. The van der Waals surface area contributed by atoms with E-state index in [1.807, 2.05) is 6.07 Å². The van der Waals surface area contributed by atoms with Crippen LogP contribution in [0.25, 0.3) is 0 Å². The van der Waals surface area contributed by atoms with Gasteiger partial charge in [0, 0.05) is 37.3 Å². The molecule has 0 fully saturated rings. The van der Waals surface area contributed by atoms with Gasteiger partial charge in [0.1, 0.15) is 5.82 Å². The van der Waals surface area contributed by atoms with Crippen molar-refractivity contribution in [3.05, 3.63) is 46.1 Å². The van der Waals surface area contributed by atoms with Crippen LogP contribution in [0, 0.1) is 0 Å². The maximum absolute atomic E-state index is 6.13. The monoisotopic (exact) mass is 373 g/mol. The van der Waals surface area contributed by atoms with E-state index in [1.54, 1.807) is 0 Å². The highest BCUT2D eigenvalue weighted by Crippen LogP contribution is 2.27. The molecule has 0 saturated carbocycles. The van der Waals surface area contributed by atoms with Gasteiger partial charge in [-0.3, -0.25) is 0 Å². The third-order valence-corrected chi connectivity index (χ3v) is 4.91. The lowest BCUT2D eigenvalue weighted by atomic mass is 10.00. The van der Waals surface area contributed by atoms with Gasteiger partial charge >= 0.3 is 0 Å². The fourth-order valence-electron chi connectivity index (χ4n) is 3.10. The molecule has 0 bridgehead atoms. The molecule has 0 unspecified atom stereocenters. The first kappa shape index (κ1) is 18.9. The highest BCUT2D eigenvalue weighted by Gasteiger charge is 2.19. The fourth-order valence-corrected chi connectivity index (χ4v) is 3.29. The van der Waals surface area contributed by atoms with Crippen LogP contribution >= 0.6 is 11.6 Å². The predicted octanol–water partition coefficient (Wildman–Crippen LogP) is 3.79. The molecule has 3 rings (SSSR count). The number of benzene rings is 1. The minimum Gasteiger partial charge on any atom is -0.353 e. The first-order valence-electron chi connectivity index (χ1n) is 9.22. The zero-order valence-electron chi connectivity index (χ0n) is 16.1. The zero-order valence-corrected chi connectivity index (χ0v) is 16.8. The summed E-state index contributed by atoms with van der Waals surface area (Å²) in [5.74, 6) is 2.08. The zero-order chi connectivity index (χ0) is 18.7. The maximum Gasteiger partial charge on any atom is 0.224 e. The van der Waals surface area contributed by atoms with Crippen LogP contribution in [0.5, 0.6) is 0 Å². The van der Waals surface area contributed by atoms with Gasteiger partial charge in [-0.2, -0.15) is 4.98 Å². The van der Waals surface area contributed by atoms with Gasteiger partial charge in [-0.05, 0) is 49.7 Å². The molecule has 1 aromatic carbocycles. The van der Waals surface area contributed by atoms with E-state index in [4.69, 9.17) is 21.6 Å². The summed E-state index contributed by atoms with van der Waals surface area (Å²) in [5.41, 5.74) is 3.74. The topological polar surface area (TPSA) is 44.3 Å². The van der Waals surface area contributed by atoms with Gasteiger partial charge in [0.15, 0.2) is 0 Å². The molecular weight excluding hydrogens is 346 g/mol. The van der Waals surface area contributed by atoms with Crippen LogP contribution in [0.1, 0.15) is 36.6 Å². The number of halogens is 1. The Kier molecular flexibility index (Phi) is 5.99. The van der Waals surface area contributed by atoms with Crippen LogP contribution in [0.4, 0.5) is 11.8 Å². The van der Waals surface area contributed by atoms with Gasteiger partial charge in [-0.1, -0.05) is 31.5 Å². The van der Waals surface area contributed by atoms with E-state index in [9.17, 15) is 0 Å². The van der Waals surface area contributed by atoms with Crippen molar-refractivity contribution in [3.8, 4) is 0 Å². The molecule has 5 nitrogen and oxygen atoms in total. The summed E-state index contributed by atoms with van der Waals surface area (Å²) in [4.78, 5) is 14.0. The number of anilines is 2. The lowest BCUT2D eigenvalue weighted by Gasteiger charge is -2.30. The molecule has 1 aliphatic rings. The first-order chi connectivity index (χ1) is 12.4. The Balaban J connectivity index is 1.82. The Labute approximate surface area is 161 Å². The number of rotatable bonds is 6. The van der Waals surface area contributed by atoms with Crippen molar-refractivity contribution in [3.63, 3.8) is 0 Å². The number of aromatic nitrogens is 2. The Morgan fingerprint density at radius 3 is 2.73 bits per heavy atom. The normalized spacial score (nSPS) is 14.0. The molecule has 0 spiro atoms. The third-order valence-electron chi connectivity index (χ3n) is 4.67. The molecule has 0 amide bonds. The summed E-state index contributed by atoms with van der Waals surface area (Å²) in [6, 6.07) is 8.31. The molecule has 0 saturated heterocycles. The average Bonchev–Trinajstić information content (AvgIpc) is 2.60. The fraction of sp³-hybridized carbons (Fsp3) is 0.500. The van der Waals surface area contributed by atoms with Crippen LogP contribution < -0.4 is 10.2 Å². The Bertz CT molecular complexity index is 760. The quantitative estimate of drug-likeness (QED) is 0.834. The Hall–Kier alpha value is -1.85. The van der Waals surface area contributed by atoms with E-state index in [0.29, 0.717) is 5.92 Å². The van der Waals surface area contributed by atoms with Crippen LogP contribution in [0.2, 0.25) is 5.02 Å². The molecular formula is C20H28ClN5. The molecule has 0 aliphatic carbocycles. The predicted molar refractivity (Wildman–Crippen MR) is 109 cm³/mol. The van der Waals surface area contributed by atoms with Crippen LogP contribution in [-0.4, -0.2) is 48.6 Å². The third kappa shape index (κ3) is 4.65. The van der Waals surface area contributed by atoms with Gasteiger partial charge in [0.2, 0.25) is 5.95 Å². The van der Waals surface area contributed by atoms with Crippen molar-refractivity contribution in [2.45, 2.75) is 32.7 Å². The standard InChI is InChI=1S/C20H28ClN5/c1-14(2)18-12-19(24-20(23-18)22-8-10-25(3)4)26-9-7-15-11-17(21)6-5-16(15)13-26/h5-6,11-12,14H,7-10,13H2,1-4H3,(H,22,23,24). The van der Waals surface area contributed by atoms with E-state index < -0.39 is 0 Å². The molecule has 140 valence electrons. The highest BCUT2D eigenvalue weighted by atomic mass is 35.5. The van der Waals surface area contributed by atoms with E-state index in [0.717, 1.165) is 55.1 Å². The van der Waals surface area contributed by atoms with Crippen LogP contribution in [0.15, 0.2) is 24.3 Å². The number of likely N-dealkylation sites (N-methyl/N-ethyl adjacent to an activating group) is 1. The lowest BCUT2D eigenvalue weighted by molar-refractivity contribution is 0.425. The molecule has 0 radical (unpaired) electrons. The number of hydrogen-bond acceptors (Lipinski definition) is 5. The van der Waals surface area contributed by atoms with Gasteiger partial charge < -0.3 is 15.1 Å². The largest absolute Gasteiger partial charge is 0.353 e. The van der Waals surface area contributed by atoms with Gasteiger partial charge in [-0.15, -0.1) is 0 Å². The van der Waals surface area contributed by atoms with Crippen LogP contribution in [0.3, 0.4) is 0 Å². The van der Waals surface area contributed by atoms with Crippen molar-refractivity contribution < 1.29 is 0 Å². The maximum atomic E-state index is 6.13. The number of hydrogen-bond donors (Lipinski definition) is 1. The van der Waals surface area contributed by atoms with E-state index in [1.165, 1.54) is 11.1 Å². The minimum atomic E-state index is 0.363. The second-order valence-electron chi connectivity index (χ2n) is 7.44. The molecule has 2 aromatic rings. The number of nitrogens with one attached hydrogen (secondary N) is 1. The molecule has 0 atom stereocenters. The van der Waals surface area contributed by atoms with Gasteiger partial charge in [-0.25, -0.2) is 4.98 Å². The summed E-state index contributed by atoms with van der Waals surface area (Å²) in [5, 5.41) is 4.18. The molecule has 1 aromatic heterocycles. The summed E-state index contributed by atoms with van der Waals surface area (Å²) >= 11 is 6.13. The number of nitrogens with zero attached hydrogens (tertiary/aromatic N) is 4. The SMILES string of the molecule is CC(C)c1cc(N2CCc3cc(Cl)ccc3C2)nc(NCCN(C)C)n1. The molecule has 1 aliphatic heterocycles. The Morgan fingerprint density at radius 1 is 1.19 bits per heavy atom. The summed E-state index contributed by atoms with van der Waals surface area (Å²) < 4.78 is 0. The van der Waals surface area contributed by atoms with Crippen molar-refractivity contribution in [2.75, 3.05) is 43.9 Å². The van der Waals surface area contributed by atoms with Gasteiger partial charge in [0.25, 0.3) is 0 Å². The van der Waals surface area contributed by atoms with Gasteiger partial charge in [0.05, 0.1) is 5.69 Å². The lowest BCUT2D eigenvalue weighted by Crippen LogP contribution is -2.31. The van der Waals surface area contributed by atoms with Crippen molar-refractivity contribution in [1.82, 2.24) is 14.9 Å². The van der Waals surface area contributed by atoms with Crippen LogP contribution in [-0.2, 0) is 13.0 Å². The summed E-state index contributed by atoms with van der Waals surface area (Å²) in [6.45, 7) is 7.92. The Morgan fingerprint density at radius 2 is 2.00 bits per heavy atom. The second kappa shape index (κ2) is 8.23. The molecule has 26 heavy (non-hydrogen) atoms. The molecule has 6 heteroatoms. The van der Waals surface area contributed by atoms with Crippen molar-refractivity contribution in [2.24, 2.45) is 0 Å². The summed E-state index contributed by atoms with van der Waals surface area (Å²) in [7, 11) is 4.13. The van der Waals surface area contributed by atoms with E-state index in [2.05, 4.69) is 61.3 Å². The molecule has 1 N–H and O–H groups in total. The smallest absolute Gasteiger partial charge is 0.224 e. The number of fused-ring (bicyclic) bond motifs is 1. The van der Waals surface area contributed by atoms with E-state index in [-0.39, 0.29) is 0 Å².